The smallest absolute Gasteiger partial charge is 0.408 e. The van der Waals surface area contributed by atoms with Gasteiger partial charge >= 0.3 is 6.09 Å². The highest BCUT2D eigenvalue weighted by molar-refractivity contribution is 5.73. The average Bonchev–Trinajstić information content (AvgIpc) is 2.70. The van der Waals surface area contributed by atoms with E-state index in [2.05, 4.69) is 15.2 Å². The lowest BCUT2D eigenvalue weighted by molar-refractivity contribution is 0.122. The van der Waals surface area contributed by atoms with Crippen LogP contribution in [0.4, 0.5) is 15.0 Å². The number of amides is 1. The van der Waals surface area contributed by atoms with Crippen LogP contribution in [0.3, 0.4) is 0 Å². The van der Waals surface area contributed by atoms with Crippen molar-refractivity contribution in [2.75, 3.05) is 31.2 Å². The van der Waals surface area contributed by atoms with Crippen molar-refractivity contribution in [1.29, 1.82) is 0 Å². The van der Waals surface area contributed by atoms with E-state index < -0.39 is 6.09 Å². The zero-order chi connectivity index (χ0) is 19.9. The Labute approximate surface area is 164 Å². The Morgan fingerprint density at radius 3 is 2.86 bits per heavy atom. The summed E-state index contributed by atoms with van der Waals surface area (Å²) in [5, 5.41) is 2.64. The molecule has 2 heterocycles. The van der Waals surface area contributed by atoms with E-state index in [4.69, 9.17) is 9.47 Å². The predicted molar refractivity (Wildman–Crippen MR) is 106 cm³/mol. The highest BCUT2D eigenvalue weighted by Gasteiger charge is 2.18. The molecule has 1 aromatic heterocycles. The molecule has 0 radical (unpaired) electrons. The van der Waals surface area contributed by atoms with Gasteiger partial charge in [0.1, 0.15) is 17.3 Å². The number of nitrogens with one attached hydrogen (secondary N) is 1. The largest absolute Gasteiger partial charge is 0.412 e. The highest BCUT2D eigenvalue weighted by Crippen LogP contribution is 2.28. The molecule has 2 aromatic rings. The van der Waals surface area contributed by atoms with Gasteiger partial charge in [0.2, 0.25) is 0 Å². The molecular weight excluding hydrogens is 361 g/mol. The number of anilines is 1. The molecule has 0 saturated carbocycles. The summed E-state index contributed by atoms with van der Waals surface area (Å²) in [5.74, 6) is 0.898. The Kier molecular flexibility index (Phi) is 6.60. The first-order chi connectivity index (χ1) is 13.6. The molecule has 28 heavy (non-hydrogen) atoms. The van der Waals surface area contributed by atoms with Gasteiger partial charge < -0.3 is 19.7 Å². The second-order valence-corrected chi connectivity index (χ2v) is 6.48. The molecule has 7 heteroatoms. The van der Waals surface area contributed by atoms with Crippen LogP contribution in [-0.4, -0.2) is 37.4 Å². The number of halogens is 1. The van der Waals surface area contributed by atoms with Gasteiger partial charge in [0.15, 0.2) is 5.75 Å². The number of pyridine rings is 1. The summed E-state index contributed by atoms with van der Waals surface area (Å²) in [6.45, 7) is 6.82. The maximum absolute atomic E-state index is 13.2. The minimum absolute atomic E-state index is 0.174. The summed E-state index contributed by atoms with van der Waals surface area (Å²) in [4.78, 5) is 19.1. The molecule has 0 bridgehead atoms. The molecule has 1 fully saturated rings. The molecular formula is C21H24FN3O3. The Balaban J connectivity index is 1.73. The van der Waals surface area contributed by atoms with E-state index in [1.807, 2.05) is 32.1 Å². The monoisotopic (exact) mass is 385 g/mol. The van der Waals surface area contributed by atoms with Gasteiger partial charge in [0.05, 0.1) is 13.2 Å². The third kappa shape index (κ3) is 5.07. The van der Waals surface area contributed by atoms with Gasteiger partial charge in [-0.25, -0.2) is 14.2 Å². The standard InChI is InChI=1S/C21H24FN3O3/c1-3-5-18-20(15(2)12-19(24-18)25-8-10-27-11-9-25)28-21(26)23-14-16-6-4-7-17(22)13-16/h3-7,12-13H,8-11,14H2,1-2H3,(H,23,26)/b5-3+. The quantitative estimate of drug-likeness (QED) is 0.851. The molecule has 1 amide bonds. The van der Waals surface area contributed by atoms with Crippen LogP contribution < -0.4 is 15.0 Å². The van der Waals surface area contributed by atoms with E-state index in [0.717, 1.165) is 24.5 Å². The molecule has 0 unspecified atom stereocenters. The zero-order valence-electron chi connectivity index (χ0n) is 16.1. The highest BCUT2D eigenvalue weighted by atomic mass is 19.1. The molecule has 6 nitrogen and oxygen atoms in total. The van der Waals surface area contributed by atoms with Gasteiger partial charge in [-0.1, -0.05) is 18.2 Å². The Bertz CT molecular complexity index is 864. The van der Waals surface area contributed by atoms with Crippen LogP contribution in [0.2, 0.25) is 0 Å². The van der Waals surface area contributed by atoms with E-state index in [9.17, 15) is 9.18 Å². The third-order valence-corrected chi connectivity index (χ3v) is 4.35. The fourth-order valence-corrected chi connectivity index (χ4v) is 2.98. The summed E-state index contributed by atoms with van der Waals surface area (Å²) < 4.78 is 24.2. The van der Waals surface area contributed by atoms with E-state index in [1.165, 1.54) is 12.1 Å². The zero-order valence-corrected chi connectivity index (χ0v) is 16.1. The van der Waals surface area contributed by atoms with Gasteiger partial charge in [-0.2, -0.15) is 0 Å². The van der Waals surface area contributed by atoms with Crippen molar-refractivity contribution in [3.8, 4) is 5.75 Å². The van der Waals surface area contributed by atoms with Gasteiger partial charge in [0.25, 0.3) is 0 Å². The molecule has 0 spiro atoms. The third-order valence-electron chi connectivity index (χ3n) is 4.35. The van der Waals surface area contributed by atoms with Crippen molar-refractivity contribution in [2.24, 2.45) is 0 Å². The summed E-state index contributed by atoms with van der Waals surface area (Å²) in [5.41, 5.74) is 2.05. The van der Waals surface area contributed by atoms with Gasteiger partial charge in [0, 0.05) is 19.6 Å². The topological polar surface area (TPSA) is 63.7 Å². The summed E-state index contributed by atoms with van der Waals surface area (Å²) in [7, 11) is 0. The number of ether oxygens (including phenoxy) is 2. The molecule has 3 rings (SSSR count). The number of aryl methyl sites for hydroxylation is 1. The minimum atomic E-state index is -0.612. The summed E-state index contributed by atoms with van der Waals surface area (Å²) >= 11 is 0. The van der Waals surface area contributed by atoms with E-state index >= 15 is 0 Å². The fraction of sp³-hybridized carbons (Fsp3) is 0.333. The van der Waals surface area contributed by atoms with Crippen LogP contribution in [0.1, 0.15) is 23.7 Å². The maximum atomic E-state index is 13.2. The van der Waals surface area contributed by atoms with Crippen LogP contribution in [0.25, 0.3) is 6.08 Å². The first kappa shape index (κ1) is 19.8. The van der Waals surface area contributed by atoms with Crippen molar-refractivity contribution in [3.05, 3.63) is 59.0 Å². The molecule has 1 aliphatic rings. The molecule has 1 aromatic carbocycles. The first-order valence-electron chi connectivity index (χ1n) is 9.24. The maximum Gasteiger partial charge on any atom is 0.412 e. The Hall–Kier alpha value is -2.93. The van der Waals surface area contributed by atoms with Gasteiger partial charge in [-0.05, 0) is 49.2 Å². The van der Waals surface area contributed by atoms with Crippen LogP contribution >= 0.6 is 0 Å². The van der Waals surface area contributed by atoms with Crippen LogP contribution in [0.5, 0.6) is 5.75 Å². The molecule has 1 saturated heterocycles. The lowest BCUT2D eigenvalue weighted by Crippen LogP contribution is -2.37. The first-order valence-corrected chi connectivity index (χ1v) is 9.24. The van der Waals surface area contributed by atoms with Gasteiger partial charge in [-0.3, -0.25) is 0 Å². The van der Waals surface area contributed by atoms with Crippen molar-refractivity contribution < 1.29 is 18.7 Å². The minimum Gasteiger partial charge on any atom is -0.408 e. The van der Waals surface area contributed by atoms with Crippen LogP contribution in [-0.2, 0) is 11.3 Å². The number of morpholine rings is 1. The second kappa shape index (κ2) is 9.32. The molecule has 1 N–H and O–H groups in total. The summed E-state index contributed by atoms with van der Waals surface area (Å²) in [6.07, 6.45) is 3.05. The Morgan fingerprint density at radius 2 is 2.14 bits per heavy atom. The van der Waals surface area contributed by atoms with Crippen molar-refractivity contribution in [2.45, 2.75) is 20.4 Å². The number of rotatable bonds is 5. The number of carbonyl (C=O) groups is 1. The number of nitrogens with zero attached hydrogens (tertiary/aromatic N) is 2. The average molecular weight is 385 g/mol. The Morgan fingerprint density at radius 1 is 1.36 bits per heavy atom. The van der Waals surface area contributed by atoms with Gasteiger partial charge in [-0.15, -0.1) is 0 Å². The second-order valence-electron chi connectivity index (χ2n) is 6.48. The number of carbonyl (C=O) groups excluding carboxylic acids is 1. The number of allylic oxidation sites excluding steroid dienone is 1. The molecule has 0 atom stereocenters. The molecule has 1 aliphatic heterocycles. The van der Waals surface area contributed by atoms with Crippen molar-refractivity contribution in [1.82, 2.24) is 10.3 Å². The van der Waals surface area contributed by atoms with Crippen LogP contribution in [0, 0.1) is 12.7 Å². The molecule has 0 aliphatic carbocycles. The summed E-state index contributed by atoms with van der Waals surface area (Å²) in [6, 6.07) is 7.97. The lowest BCUT2D eigenvalue weighted by atomic mass is 10.2. The van der Waals surface area contributed by atoms with E-state index in [0.29, 0.717) is 30.2 Å². The van der Waals surface area contributed by atoms with Crippen molar-refractivity contribution in [3.63, 3.8) is 0 Å². The predicted octanol–water partition coefficient (Wildman–Crippen LogP) is 3.69. The lowest BCUT2D eigenvalue weighted by Gasteiger charge is -2.28. The van der Waals surface area contributed by atoms with Crippen molar-refractivity contribution >= 4 is 18.0 Å². The number of aromatic nitrogens is 1. The number of benzene rings is 1. The number of hydrogen-bond acceptors (Lipinski definition) is 5. The normalized spacial score (nSPS) is 14.3. The van der Waals surface area contributed by atoms with E-state index in [-0.39, 0.29) is 12.4 Å². The fourth-order valence-electron chi connectivity index (χ4n) is 2.98. The van der Waals surface area contributed by atoms with E-state index in [1.54, 1.807) is 12.1 Å². The molecule has 148 valence electrons. The van der Waals surface area contributed by atoms with Crippen LogP contribution in [0.15, 0.2) is 36.4 Å². The number of hydrogen-bond donors (Lipinski definition) is 1. The SMILES string of the molecule is C/C=C/c1nc(N2CCOCC2)cc(C)c1OC(=O)NCc1cccc(F)c1.